The molecule has 2 amide bonds. The van der Waals surface area contributed by atoms with E-state index in [1.54, 1.807) is 51.7 Å². The highest BCUT2D eigenvalue weighted by atomic mass is 35.5. The fourth-order valence-corrected chi connectivity index (χ4v) is 4.18. The van der Waals surface area contributed by atoms with E-state index in [2.05, 4.69) is 15.7 Å². The number of carbonyl (C=O) groups excluding carboxylic acids is 2. The van der Waals surface area contributed by atoms with E-state index in [9.17, 15) is 9.59 Å². The van der Waals surface area contributed by atoms with Crippen LogP contribution in [0.2, 0.25) is 5.02 Å². The van der Waals surface area contributed by atoms with Crippen LogP contribution >= 0.6 is 11.6 Å². The van der Waals surface area contributed by atoms with Gasteiger partial charge in [0.05, 0.1) is 51.3 Å². The molecular weight excluding hydrogens is 476 g/mol. The summed E-state index contributed by atoms with van der Waals surface area (Å²) in [7, 11) is 6.16. The summed E-state index contributed by atoms with van der Waals surface area (Å²) in [5, 5.41) is 10.7. The smallest absolute Gasteiger partial charge is 0.251 e. The van der Waals surface area contributed by atoms with Crippen LogP contribution in [-0.2, 0) is 20.9 Å². The van der Waals surface area contributed by atoms with E-state index in [1.165, 1.54) is 11.8 Å². The van der Waals surface area contributed by atoms with E-state index in [4.69, 9.17) is 30.5 Å². The minimum Gasteiger partial charge on any atom is -0.495 e. The minimum atomic E-state index is -0.848. The summed E-state index contributed by atoms with van der Waals surface area (Å²) >= 11 is 6.05. The first-order valence-corrected chi connectivity index (χ1v) is 11.0. The SMILES string of the molecule is COCc1nn2c(c1-c1ccc(OC)c(OC)c1)NC(=O)C2CC(=O)Nc1cc(Cl)ccc1OC. The highest BCUT2D eigenvalue weighted by Crippen LogP contribution is 2.41. The summed E-state index contributed by atoms with van der Waals surface area (Å²) < 4.78 is 22.9. The quantitative estimate of drug-likeness (QED) is 0.458. The Hall–Kier alpha value is -3.76. The molecule has 0 spiro atoms. The van der Waals surface area contributed by atoms with Crippen LogP contribution in [0, 0.1) is 0 Å². The van der Waals surface area contributed by atoms with Gasteiger partial charge in [0.2, 0.25) is 5.91 Å². The van der Waals surface area contributed by atoms with Crippen molar-refractivity contribution in [3.8, 4) is 28.4 Å². The van der Waals surface area contributed by atoms with Crippen molar-refractivity contribution in [2.24, 2.45) is 0 Å². The summed E-state index contributed by atoms with van der Waals surface area (Å²) in [6, 6.07) is 9.46. The molecule has 0 bridgehead atoms. The van der Waals surface area contributed by atoms with Crippen molar-refractivity contribution in [1.29, 1.82) is 0 Å². The number of aromatic nitrogens is 2. The predicted octanol–water partition coefficient (Wildman–Crippen LogP) is 3.90. The van der Waals surface area contributed by atoms with Gasteiger partial charge in [0.1, 0.15) is 17.6 Å². The number of benzene rings is 2. The zero-order valence-corrected chi connectivity index (χ0v) is 20.4. The Morgan fingerprint density at radius 3 is 2.46 bits per heavy atom. The molecule has 10 nitrogen and oxygen atoms in total. The van der Waals surface area contributed by atoms with Gasteiger partial charge in [-0.3, -0.25) is 9.59 Å². The lowest BCUT2D eigenvalue weighted by molar-refractivity contribution is -0.123. The van der Waals surface area contributed by atoms with Crippen LogP contribution in [0.15, 0.2) is 36.4 Å². The van der Waals surface area contributed by atoms with Crippen LogP contribution in [-0.4, -0.2) is 50.0 Å². The molecule has 1 aliphatic rings. The first-order chi connectivity index (χ1) is 16.9. The summed E-state index contributed by atoms with van der Waals surface area (Å²) in [5.74, 6) is 1.30. The molecule has 0 saturated heterocycles. The molecule has 1 aliphatic heterocycles. The fraction of sp³-hybridized carbons (Fsp3) is 0.292. The maximum atomic E-state index is 12.9. The highest BCUT2D eigenvalue weighted by molar-refractivity contribution is 6.31. The Kier molecular flexibility index (Phi) is 7.13. The number of ether oxygens (including phenoxy) is 4. The average molecular weight is 501 g/mol. The van der Waals surface area contributed by atoms with Gasteiger partial charge in [0.15, 0.2) is 11.5 Å². The largest absolute Gasteiger partial charge is 0.495 e. The Bertz CT molecular complexity index is 1280. The third-order valence-corrected chi connectivity index (χ3v) is 5.83. The fourth-order valence-electron chi connectivity index (χ4n) is 4.00. The molecule has 2 N–H and O–H groups in total. The molecule has 0 radical (unpaired) electrons. The van der Waals surface area contributed by atoms with Crippen LogP contribution in [0.1, 0.15) is 18.2 Å². The number of halogens is 1. The number of rotatable bonds is 9. The molecule has 0 saturated carbocycles. The summed E-state index contributed by atoms with van der Waals surface area (Å²) in [5.41, 5.74) is 2.46. The molecule has 1 atom stereocenters. The Morgan fingerprint density at radius 2 is 1.77 bits per heavy atom. The molecule has 2 aromatic carbocycles. The summed E-state index contributed by atoms with van der Waals surface area (Å²) in [4.78, 5) is 25.7. The van der Waals surface area contributed by atoms with Gasteiger partial charge in [-0.2, -0.15) is 5.10 Å². The van der Waals surface area contributed by atoms with Crippen LogP contribution < -0.4 is 24.8 Å². The number of amides is 2. The first kappa shape index (κ1) is 24.4. The normalized spacial score (nSPS) is 14.3. The lowest BCUT2D eigenvalue weighted by Gasteiger charge is -2.13. The van der Waals surface area contributed by atoms with Crippen molar-refractivity contribution in [2.45, 2.75) is 19.1 Å². The predicted molar refractivity (Wildman–Crippen MR) is 130 cm³/mol. The molecule has 3 aromatic rings. The summed E-state index contributed by atoms with van der Waals surface area (Å²) in [6.45, 7) is 0.207. The van der Waals surface area contributed by atoms with E-state index in [-0.39, 0.29) is 18.9 Å². The van der Waals surface area contributed by atoms with Gasteiger partial charge in [-0.25, -0.2) is 4.68 Å². The van der Waals surface area contributed by atoms with E-state index in [1.807, 2.05) is 6.07 Å². The zero-order valence-electron chi connectivity index (χ0n) is 19.7. The van der Waals surface area contributed by atoms with Crippen LogP contribution in [0.3, 0.4) is 0 Å². The van der Waals surface area contributed by atoms with Gasteiger partial charge in [0.25, 0.3) is 5.91 Å². The number of fused-ring (bicyclic) bond motifs is 1. The van der Waals surface area contributed by atoms with Crippen molar-refractivity contribution in [3.05, 3.63) is 47.1 Å². The second-order valence-electron chi connectivity index (χ2n) is 7.72. The lowest BCUT2D eigenvalue weighted by atomic mass is 10.0. The Labute approximate surface area is 207 Å². The molecule has 1 aromatic heterocycles. The maximum absolute atomic E-state index is 12.9. The van der Waals surface area contributed by atoms with E-state index in [0.717, 1.165) is 5.56 Å². The molecule has 1 unspecified atom stereocenters. The Balaban J connectivity index is 1.66. The zero-order chi connectivity index (χ0) is 25.1. The van der Waals surface area contributed by atoms with Gasteiger partial charge in [0, 0.05) is 12.1 Å². The van der Waals surface area contributed by atoms with Gasteiger partial charge in [-0.05, 0) is 35.9 Å². The van der Waals surface area contributed by atoms with Crippen molar-refractivity contribution in [2.75, 3.05) is 39.1 Å². The maximum Gasteiger partial charge on any atom is 0.251 e. The average Bonchev–Trinajstić information content (AvgIpc) is 3.33. The highest BCUT2D eigenvalue weighted by Gasteiger charge is 2.37. The van der Waals surface area contributed by atoms with E-state index < -0.39 is 11.9 Å². The first-order valence-electron chi connectivity index (χ1n) is 10.7. The van der Waals surface area contributed by atoms with Gasteiger partial charge >= 0.3 is 0 Å². The molecule has 2 heterocycles. The third kappa shape index (κ3) is 4.75. The molecule has 0 aliphatic carbocycles. The number of methoxy groups -OCH3 is 4. The van der Waals surface area contributed by atoms with Gasteiger partial charge in [-0.15, -0.1) is 0 Å². The second kappa shape index (κ2) is 10.2. The van der Waals surface area contributed by atoms with Crippen LogP contribution in [0.4, 0.5) is 11.5 Å². The molecule has 4 rings (SSSR count). The van der Waals surface area contributed by atoms with Crippen molar-refractivity contribution in [1.82, 2.24) is 9.78 Å². The number of hydrogen-bond acceptors (Lipinski definition) is 7. The van der Waals surface area contributed by atoms with Crippen LogP contribution in [0.25, 0.3) is 11.1 Å². The topological polar surface area (TPSA) is 113 Å². The van der Waals surface area contributed by atoms with Crippen LogP contribution in [0.5, 0.6) is 17.2 Å². The van der Waals surface area contributed by atoms with E-state index in [0.29, 0.717) is 45.0 Å². The van der Waals surface area contributed by atoms with Gasteiger partial charge < -0.3 is 29.6 Å². The summed E-state index contributed by atoms with van der Waals surface area (Å²) in [6.07, 6.45) is -0.145. The van der Waals surface area contributed by atoms with E-state index >= 15 is 0 Å². The number of carbonyl (C=O) groups is 2. The molecule has 11 heteroatoms. The Morgan fingerprint density at radius 1 is 1.06 bits per heavy atom. The molecular formula is C24H25ClN4O6. The van der Waals surface area contributed by atoms with Crippen molar-refractivity contribution >= 4 is 34.9 Å². The van der Waals surface area contributed by atoms with Crippen molar-refractivity contribution < 1.29 is 28.5 Å². The standard InChI is InChI=1S/C24H25ClN4O6/c1-32-12-16-22(13-5-7-19(34-3)20(9-13)35-4)23-27-24(31)17(29(23)28-16)11-21(30)26-15-10-14(25)6-8-18(15)33-2/h5-10,17H,11-12H2,1-4H3,(H,26,30)(H,27,31). The minimum absolute atomic E-state index is 0.145. The number of hydrogen-bond donors (Lipinski definition) is 2. The number of anilines is 2. The molecule has 35 heavy (non-hydrogen) atoms. The molecule has 184 valence electrons. The number of nitrogens with zero attached hydrogens (tertiary/aromatic N) is 2. The lowest BCUT2D eigenvalue weighted by Crippen LogP contribution is -2.24. The number of nitrogens with one attached hydrogen (secondary N) is 2. The monoisotopic (exact) mass is 500 g/mol. The molecule has 0 fully saturated rings. The van der Waals surface area contributed by atoms with Crippen molar-refractivity contribution in [3.63, 3.8) is 0 Å². The van der Waals surface area contributed by atoms with Gasteiger partial charge in [-0.1, -0.05) is 17.7 Å². The second-order valence-corrected chi connectivity index (χ2v) is 8.16. The third-order valence-electron chi connectivity index (χ3n) is 5.59.